The molecule has 4 aromatic rings. The number of aryl methyl sites for hydroxylation is 1. The first-order chi connectivity index (χ1) is 16.9. The molecule has 0 saturated heterocycles. The van der Waals surface area contributed by atoms with Crippen LogP contribution < -0.4 is 5.56 Å². The lowest BCUT2D eigenvalue weighted by Gasteiger charge is -2.32. The van der Waals surface area contributed by atoms with Gasteiger partial charge in [0.05, 0.1) is 28.9 Å². The van der Waals surface area contributed by atoms with Crippen LogP contribution in [-0.2, 0) is 6.42 Å². The van der Waals surface area contributed by atoms with E-state index in [2.05, 4.69) is 20.8 Å². The molecule has 0 N–H and O–H groups in total. The highest BCUT2D eigenvalue weighted by atomic mass is 16.3. The Morgan fingerprint density at radius 3 is 2.40 bits per heavy atom. The van der Waals surface area contributed by atoms with Gasteiger partial charge in [0.25, 0.3) is 11.5 Å². The van der Waals surface area contributed by atoms with Crippen molar-refractivity contribution in [1.29, 1.82) is 0 Å². The van der Waals surface area contributed by atoms with Crippen LogP contribution in [0.2, 0.25) is 0 Å². The maximum absolute atomic E-state index is 13.8. The van der Waals surface area contributed by atoms with Crippen molar-refractivity contribution in [3.63, 3.8) is 0 Å². The van der Waals surface area contributed by atoms with Gasteiger partial charge in [-0.25, -0.2) is 4.98 Å². The van der Waals surface area contributed by atoms with Crippen LogP contribution >= 0.6 is 0 Å². The van der Waals surface area contributed by atoms with Crippen molar-refractivity contribution >= 4 is 16.8 Å². The summed E-state index contributed by atoms with van der Waals surface area (Å²) >= 11 is 0. The lowest BCUT2D eigenvalue weighted by Crippen LogP contribution is -2.39. The third-order valence-corrected chi connectivity index (χ3v) is 6.41. The second-order valence-electron chi connectivity index (χ2n) is 9.23. The molecule has 1 amide bonds. The average molecular weight is 472 g/mol. The summed E-state index contributed by atoms with van der Waals surface area (Å²) < 4.78 is 7.14. The molecule has 0 radical (unpaired) electrons. The van der Waals surface area contributed by atoms with E-state index in [1.54, 1.807) is 22.8 Å². The number of hydrogen-bond acceptors (Lipinski definition) is 4. The van der Waals surface area contributed by atoms with E-state index in [-0.39, 0.29) is 17.2 Å². The normalized spacial score (nSPS) is 12.3. The van der Waals surface area contributed by atoms with E-state index in [9.17, 15) is 9.59 Å². The summed E-state index contributed by atoms with van der Waals surface area (Å²) in [6.07, 6.45) is 3.85. The smallest absolute Gasteiger partial charge is 0.290 e. The number of fused-ring (bicyclic) bond motifs is 1. The summed E-state index contributed by atoms with van der Waals surface area (Å²) in [6.45, 7) is 8.93. The molecule has 2 heterocycles. The highest BCUT2D eigenvalue weighted by Gasteiger charge is 2.30. The first kappa shape index (κ1) is 24.5. The minimum atomic E-state index is -0.408. The van der Waals surface area contributed by atoms with Crippen molar-refractivity contribution in [3.8, 4) is 5.69 Å². The second-order valence-corrected chi connectivity index (χ2v) is 9.23. The van der Waals surface area contributed by atoms with E-state index < -0.39 is 6.04 Å². The van der Waals surface area contributed by atoms with E-state index in [4.69, 9.17) is 9.40 Å². The fourth-order valence-electron chi connectivity index (χ4n) is 4.38. The van der Waals surface area contributed by atoms with E-state index in [1.165, 1.54) is 11.8 Å². The lowest BCUT2D eigenvalue weighted by atomic mass is 10.1. The number of hydrogen-bond donors (Lipinski definition) is 0. The van der Waals surface area contributed by atoms with Crippen molar-refractivity contribution in [1.82, 2.24) is 14.5 Å². The second kappa shape index (κ2) is 10.7. The van der Waals surface area contributed by atoms with Gasteiger partial charge in [0.1, 0.15) is 5.82 Å². The van der Waals surface area contributed by atoms with Gasteiger partial charge in [-0.3, -0.25) is 14.2 Å². The van der Waals surface area contributed by atoms with Gasteiger partial charge in [-0.15, -0.1) is 0 Å². The van der Waals surface area contributed by atoms with Crippen LogP contribution in [0.5, 0.6) is 0 Å². The van der Waals surface area contributed by atoms with Gasteiger partial charge in [0.2, 0.25) is 0 Å². The molecule has 0 saturated carbocycles. The molecule has 0 spiro atoms. The molecule has 6 heteroatoms. The van der Waals surface area contributed by atoms with Crippen LogP contribution in [0.15, 0.2) is 76.1 Å². The first-order valence-corrected chi connectivity index (χ1v) is 12.4. The molecular formula is C29H33N3O3. The molecule has 0 aliphatic heterocycles. The zero-order valence-electron chi connectivity index (χ0n) is 20.9. The van der Waals surface area contributed by atoms with Crippen LogP contribution in [0, 0.1) is 5.92 Å². The summed E-state index contributed by atoms with van der Waals surface area (Å²) in [5.41, 5.74) is 2.42. The number of benzene rings is 2. The van der Waals surface area contributed by atoms with Crippen LogP contribution in [0.25, 0.3) is 16.6 Å². The lowest BCUT2D eigenvalue weighted by molar-refractivity contribution is 0.0616. The predicted molar refractivity (Wildman–Crippen MR) is 139 cm³/mol. The SMILES string of the molecule is CCc1ccc(-n2c(C(CC)N(CCC(C)C)C(=O)c3ccco3)nc3ccccc3c2=O)cc1. The fourth-order valence-corrected chi connectivity index (χ4v) is 4.38. The molecule has 182 valence electrons. The third-order valence-electron chi connectivity index (χ3n) is 6.41. The van der Waals surface area contributed by atoms with E-state index >= 15 is 0 Å². The molecule has 0 aliphatic carbocycles. The van der Waals surface area contributed by atoms with Crippen LogP contribution in [0.4, 0.5) is 0 Å². The predicted octanol–water partition coefficient (Wildman–Crippen LogP) is 6.18. The molecular weight excluding hydrogens is 438 g/mol. The molecule has 4 rings (SSSR count). The van der Waals surface area contributed by atoms with Crippen molar-refractivity contribution in [3.05, 3.63) is 94.4 Å². The van der Waals surface area contributed by atoms with Crippen LogP contribution in [0.3, 0.4) is 0 Å². The highest BCUT2D eigenvalue weighted by molar-refractivity contribution is 5.91. The molecule has 0 aliphatic rings. The Kier molecular flexibility index (Phi) is 7.49. The Morgan fingerprint density at radius 1 is 1.03 bits per heavy atom. The van der Waals surface area contributed by atoms with Gasteiger partial charge in [-0.05, 0) is 67.1 Å². The molecule has 1 atom stereocenters. The minimum absolute atomic E-state index is 0.137. The number of carbonyl (C=O) groups excluding carboxylic acids is 1. The van der Waals surface area contributed by atoms with Crippen LogP contribution in [0.1, 0.15) is 68.5 Å². The standard InChI is InChI=1S/C29H33N3O3/c1-5-21-13-15-22(16-14-21)32-27(30-24-11-8-7-10-23(24)28(32)33)25(6-2)31(18-17-20(3)4)29(34)26-12-9-19-35-26/h7-16,19-20,25H,5-6,17-18H2,1-4H3. The minimum Gasteiger partial charge on any atom is -0.459 e. The zero-order valence-corrected chi connectivity index (χ0v) is 20.9. The van der Waals surface area contributed by atoms with E-state index in [1.807, 2.05) is 54.3 Å². The summed E-state index contributed by atoms with van der Waals surface area (Å²) in [5, 5.41) is 0.553. The molecule has 35 heavy (non-hydrogen) atoms. The van der Waals surface area contributed by atoms with Crippen molar-refractivity contribution < 1.29 is 9.21 Å². The Hall–Kier alpha value is -3.67. The number of aromatic nitrogens is 2. The Balaban J connectivity index is 1.93. The Morgan fingerprint density at radius 2 is 1.77 bits per heavy atom. The molecule has 2 aromatic carbocycles. The van der Waals surface area contributed by atoms with Gasteiger partial charge in [0, 0.05) is 6.54 Å². The number of nitrogens with zero attached hydrogens (tertiary/aromatic N) is 3. The van der Waals surface area contributed by atoms with Gasteiger partial charge < -0.3 is 9.32 Å². The zero-order chi connectivity index (χ0) is 24.9. The third kappa shape index (κ3) is 5.06. The van der Waals surface area contributed by atoms with Gasteiger partial charge >= 0.3 is 0 Å². The monoisotopic (exact) mass is 471 g/mol. The molecule has 0 bridgehead atoms. The van der Waals surface area contributed by atoms with E-state index in [0.717, 1.165) is 18.5 Å². The average Bonchev–Trinajstić information content (AvgIpc) is 3.41. The molecule has 6 nitrogen and oxygen atoms in total. The summed E-state index contributed by atoms with van der Waals surface area (Å²) in [4.78, 5) is 34.2. The fraction of sp³-hybridized carbons (Fsp3) is 0.345. The first-order valence-electron chi connectivity index (χ1n) is 12.4. The number of rotatable bonds is 9. The number of carbonyl (C=O) groups is 1. The number of para-hydroxylation sites is 1. The molecule has 0 fully saturated rings. The summed E-state index contributed by atoms with van der Waals surface area (Å²) in [6, 6.07) is 18.4. The van der Waals surface area contributed by atoms with Gasteiger partial charge in [-0.2, -0.15) is 0 Å². The maximum Gasteiger partial charge on any atom is 0.290 e. The molecule has 1 unspecified atom stereocenters. The van der Waals surface area contributed by atoms with Gasteiger partial charge in [0.15, 0.2) is 5.76 Å². The van der Waals surface area contributed by atoms with Crippen molar-refractivity contribution in [2.75, 3.05) is 6.54 Å². The van der Waals surface area contributed by atoms with Crippen molar-refractivity contribution in [2.45, 2.75) is 53.0 Å². The van der Waals surface area contributed by atoms with Crippen LogP contribution in [-0.4, -0.2) is 26.9 Å². The number of furan rings is 1. The van der Waals surface area contributed by atoms with Crippen molar-refractivity contribution in [2.24, 2.45) is 5.92 Å². The quantitative estimate of drug-likeness (QED) is 0.292. The summed E-state index contributed by atoms with van der Waals surface area (Å²) in [7, 11) is 0. The highest BCUT2D eigenvalue weighted by Crippen LogP contribution is 2.28. The van der Waals surface area contributed by atoms with Gasteiger partial charge in [-0.1, -0.05) is 52.0 Å². The Labute approximate surface area is 206 Å². The maximum atomic E-state index is 13.8. The number of amides is 1. The summed E-state index contributed by atoms with van der Waals surface area (Å²) in [5.74, 6) is 1.06. The Bertz CT molecular complexity index is 1340. The largest absolute Gasteiger partial charge is 0.459 e. The molecule has 2 aromatic heterocycles. The van der Waals surface area contributed by atoms with E-state index in [0.29, 0.717) is 35.6 Å². The topological polar surface area (TPSA) is 68.3 Å².